The Kier molecular flexibility index (Phi) is 9.42. The SMILES string of the molecule is Cc1cc2c(cc1C)N(c1cc(Oc3ccc4c5ccccc5n(-c5cc(C(C)(C)c6ccccc6)ccn5)c4c3)cc(C(C)(C)C)c1)CN2c1ccc(C(C)(C)C)cc1. The van der Waals surface area contributed by atoms with Crippen LogP contribution in [0.4, 0.5) is 22.7 Å². The largest absolute Gasteiger partial charge is 0.457 e. The summed E-state index contributed by atoms with van der Waals surface area (Å²) in [6.45, 7) is 23.3. The molecule has 302 valence electrons. The van der Waals surface area contributed by atoms with E-state index in [2.05, 4.69) is 223 Å². The predicted octanol–water partition coefficient (Wildman–Crippen LogP) is 14.8. The molecule has 0 fully saturated rings. The second-order valence-electron chi connectivity index (χ2n) is 19.2. The van der Waals surface area contributed by atoms with Crippen LogP contribution in [0.3, 0.4) is 0 Å². The Hall–Kier alpha value is -6.33. The van der Waals surface area contributed by atoms with Crippen LogP contribution in [0.1, 0.15) is 88.8 Å². The lowest BCUT2D eigenvalue weighted by Crippen LogP contribution is -2.24. The van der Waals surface area contributed by atoms with Crippen LogP contribution in [0, 0.1) is 13.8 Å². The Labute approximate surface area is 355 Å². The number of nitrogens with zero attached hydrogens (tertiary/aromatic N) is 4. The van der Waals surface area contributed by atoms with Gasteiger partial charge in [-0.3, -0.25) is 4.57 Å². The van der Waals surface area contributed by atoms with E-state index in [1.807, 2.05) is 6.20 Å². The quantitative estimate of drug-likeness (QED) is 0.161. The van der Waals surface area contributed by atoms with Crippen molar-refractivity contribution in [1.29, 1.82) is 0 Å². The van der Waals surface area contributed by atoms with Crippen molar-refractivity contribution in [2.75, 3.05) is 16.5 Å². The number of hydrogen-bond acceptors (Lipinski definition) is 4. The topological polar surface area (TPSA) is 33.5 Å². The Morgan fingerprint density at radius 3 is 1.80 bits per heavy atom. The van der Waals surface area contributed by atoms with Crippen LogP contribution < -0.4 is 14.5 Å². The minimum atomic E-state index is -0.205. The normalized spacial score (nSPS) is 13.4. The van der Waals surface area contributed by atoms with Crippen molar-refractivity contribution in [3.63, 3.8) is 0 Å². The van der Waals surface area contributed by atoms with E-state index in [9.17, 15) is 0 Å². The van der Waals surface area contributed by atoms with Crippen molar-refractivity contribution in [2.45, 2.75) is 85.5 Å². The summed E-state index contributed by atoms with van der Waals surface area (Å²) in [7, 11) is 0. The van der Waals surface area contributed by atoms with Crippen LogP contribution in [0.5, 0.6) is 11.5 Å². The predicted molar refractivity (Wildman–Crippen MR) is 253 cm³/mol. The Morgan fingerprint density at radius 1 is 0.483 bits per heavy atom. The van der Waals surface area contributed by atoms with E-state index in [0.717, 1.165) is 39.4 Å². The minimum absolute atomic E-state index is 0.0910. The molecule has 0 radical (unpaired) electrons. The summed E-state index contributed by atoms with van der Waals surface area (Å²) in [5.41, 5.74) is 14.2. The molecule has 1 aliphatic rings. The van der Waals surface area contributed by atoms with Crippen LogP contribution in [0.2, 0.25) is 0 Å². The number of pyridine rings is 1. The van der Waals surface area contributed by atoms with E-state index in [1.165, 1.54) is 55.8 Å². The highest BCUT2D eigenvalue weighted by molar-refractivity contribution is 6.09. The molecule has 3 heterocycles. The van der Waals surface area contributed by atoms with Gasteiger partial charge in [0.2, 0.25) is 0 Å². The summed E-state index contributed by atoms with van der Waals surface area (Å²) in [6, 6.07) is 50.7. The van der Waals surface area contributed by atoms with Crippen molar-refractivity contribution < 1.29 is 4.74 Å². The van der Waals surface area contributed by atoms with E-state index in [-0.39, 0.29) is 16.2 Å². The molecular weight excluding hydrogens is 733 g/mol. The molecule has 1 aliphatic heterocycles. The van der Waals surface area contributed by atoms with Crippen molar-refractivity contribution >= 4 is 44.6 Å². The molecule has 8 aromatic rings. The van der Waals surface area contributed by atoms with Gasteiger partial charge < -0.3 is 14.5 Å². The van der Waals surface area contributed by atoms with Gasteiger partial charge in [-0.05, 0) is 125 Å². The summed E-state index contributed by atoms with van der Waals surface area (Å²) >= 11 is 0. The zero-order valence-electron chi connectivity index (χ0n) is 36.8. The third-order valence-electron chi connectivity index (χ3n) is 12.6. The molecule has 0 spiro atoms. The molecule has 0 N–H and O–H groups in total. The molecule has 0 unspecified atom stereocenters. The van der Waals surface area contributed by atoms with Gasteiger partial charge in [0.05, 0.1) is 22.4 Å². The third-order valence-corrected chi connectivity index (χ3v) is 12.6. The fourth-order valence-corrected chi connectivity index (χ4v) is 8.67. The fourth-order valence-electron chi connectivity index (χ4n) is 8.67. The molecule has 6 aromatic carbocycles. The standard InChI is InChI=1S/C55H56N4O/c1-36-28-50-51(29-37(36)2)58(35-57(50)42-22-20-38(21-23-42)53(3,4)5)43-30-41(54(6,7)8)31-45(33-43)60-44-24-25-47-46-18-14-15-19-48(46)59(49(47)34-44)52-32-40(26-27-56-52)55(9,10)39-16-12-11-13-17-39/h11-34H,35H2,1-10H3. The highest BCUT2D eigenvalue weighted by Crippen LogP contribution is 2.48. The maximum Gasteiger partial charge on any atom is 0.137 e. The number of benzene rings is 6. The fraction of sp³-hybridized carbons (Fsp3) is 0.255. The summed E-state index contributed by atoms with van der Waals surface area (Å²) in [4.78, 5) is 9.87. The highest BCUT2D eigenvalue weighted by atomic mass is 16.5. The Balaban J connectivity index is 1.12. The first-order valence-electron chi connectivity index (χ1n) is 21.2. The molecule has 0 saturated carbocycles. The Bertz CT molecular complexity index is 2890. The lowest BCUT2D eigenvalue weighted by Gasteiger charge is -2.27. The minimum Gasteiger partial charge on any atom is -0.457 e. The Morgan fingerprint density at radius 2 is 1.12 bits per heavy atom. The summed E-state index contributed by atoms with van der Waals surface area (Å²) < 4.78 is 9.24. The maximum atomic E-state index is 6.96. The number of ether oxygens (including phenoxy) is 1. The van der Waals surface area contributed by atoms with Gasteiger partial charge in [0.25, 0.3) is 0 Å². The number of rotatable bonds is 7. The molecule has 0 atom stereocenters. The van der Waals surface area contributed by atoms with Gasteiger partial charge in [-0.2, -0.15) is 0 Å². The molecule has 0 saturated heterocycles. The van der Waals surface area contributed by atoms with E-state index < -0.39 is 0 Å². The number of aromatic nitrogens is 2. The number of hydrogen-bond donors (Lipinski definition) is 0. The van der Waals surface area contributed by atoms with Crippen molar-refractivity contribution in [1.82, 2.24) is 9.55 Å². The van der Waals surface area contributed by atoms with E-state index >= 15 is 0 Å². The van der Waals surface area contributed by atoms with Gasteiger partial charge in [0, 0.05) is 45.9 Å². The van der Waals surface area contributed by atoms with Crippen molar-refractivity contribution in [2.24, 2.45) is 0 Å². The third kappa shape index (κ3) is 7.00. The zero-order chi connectivity index (χ0) is 42.1. The lowest BCUT2D eigenvalue weighted by molar-refractivity contribution is 0.479. The van der Waals surface area contributed by atoms with E-state index in [0.29, 0.717) is 6.67 Å². The molecule has 5 nitrogen and oxygen atoms in total. The van der Waals surface area contributed by atoms with Gasteiger partial charge in [-0.25, -0.2) is 4.98 Å². The smallest absolute Gasteiger partial charge is 0.137 e. The van der Waals surface area contributed by atoms with Gasteiger partial charge in [-0.1, -0.05) is 116 Å². The number of aryl methyl sites for hydroxylation is 2. The molecule has 60 heavy (non-hydrogen) atoms. The average molecular weight is 789 g/mol. The molecule has 9 rings (SSSR count). The monoisotopic (exact) mass is 788 g/mol. The van der Waals surface area contributed by atoms with Crippen LogP contribution in [0.15, 0.2) is 146 Å². The highest BCUT2D eigenvalue weighted by Gasteiger charge is 2.31. The first kappa shape index (κ1) is 39.1. The maximum absolute atomic E-state index is 6.96. The van der Waals surface area contributed by atoms with E-state index in [1.54, 1.807) is 0 Å². The second kappa shape index (κ2) is 14.4. The van der Waals surface area contributed by atoms with Gasteiger partial charge in [0.15, 0.2) is 0 Å². The zero-order valence-corrected chi connectivity index (χ0v) is 36.8. The van der Waals surface area contributed by atoms with Crippen LogP contribution in [-0.4, -0.2) is 16.2 Å². The van der Waals surface area contributed by atoms with Gasteiger partial charge in [0.1, 0.15) is 24.0 Å². The molecule has 0 bridgehead atoms. The number of para-hydroxylation sites is 1. The first-order valence-corrected chi connectivity index (χ1v) is 21.2. The molecule has 5 heteroatoms. The summed E-state index contributed by atoms with van der Waals surface area (Å²) in [5.74, 6) is 2.47. The van der Waals surface area contributed by atoms with Crippen molar-refractivity contribution in [3.05, 3.63) is 179 Å². The van der Waals surface area contributed by atoms with Crippen molar-refractivity contribution in [3.8, 4) is 17.3 Å². The molecule has 0 amide bonds. The van der Waals surface area contributed by atoms with Gasteiger partial charge in [-0.15, -0.1) is 0 Å². The molecule has 0 aliphatic carbocycles. The van der Waals surface area contributed by atoms with Crippen LogP contribution >= 0.6 is 0 Å². The molecular formula is C55H56N4O. The van der Waals surface area contributed by atoms with Crippen LogP contribution in [0.25, 0.3) is 27.6 Å². The van der Waals surface area contributed by atoms with E-state index in [4.69, 9.17) is 9.72 Å². The average Bonchev–Trinajstić information content (AvgIpc) is 3.76. The lowest BCUT2D eigenvalue weighted by atomic mass is 9.78. The summed E-state index contributed by atoms with van der Waals surface area (Å²) in [6.07, 6.45) is 1.94. The van der Waals surface area contributed by atoms with Gasteiger partial charge >= 0.3 is 0 Å². The second-order valence-corrected chi connectivity index (χ2v) is 19.2. The molecule has 2 aromatic heterocycles. The number of fused-ring (bicyclic) bond motifs is 4. The first-order chi connectivity index (χ1) is 28.6. The van der Waals surface area contributed by atoms with Crippen LogP contribution in [-0.2, 0) is 16.2 Å². The summed E-state index contributed by atoms with van der Waals surface area (Å²) in [5, 5.41) is 2.34. The number of anilines is 4.